The molecule has 0 spiro atoms. The van der Waals surface area contributed by atoms with Gasteiger partial charge in [0.2, 0.25) is 0 Å². The Hall–Kier alpha value is -4.86. The topological polar surface area (TPSA) is 98.1 Å². The van der Waals surface area contributed by atoms with Crippen molar-refractivity contribution in [3.05, 3.63) is 89.1 Å². The fourth-order valence-electron chi connectivity index (χ4n) is 7.65. The van der Waals surface area contributed by atoms with Gasteiger partial charge in [-0.05, 0) is 43.0 Å². The Labute approximate surface area is 297 Å². The number of alkyl halides is 2. The lowest BCUT2D eigenvalue weighted by molar-refractivity contribution is -0.147. The average molecular weight is 696 g/mol. The zero-order valence-electron chi connectivity index (χ0n) is 29.1. The van der Waals surface area contributed by atoms with Gasteiger partial charge in [0.1, 0.15) is 19.0 Å². The number of hydrogen-bond acceptors (Lipinski definition) is 10. The lowest BCUT2D eigenvalue weighted by atomic mass is 9.99. The fraction of sp³-hybridized carbons (Fsp3) is 0.436. The number of benzene rings is 3. The maximum absolute atomic E-state index is 14.2. The minimum atomic E-state index is -2.76. The van der Waals surface area contributed by atoms with Crippen LogP contribution >= 0.6 is 0 Å². The first-order valence-electron chi connectivity index (χ1n) is 17.6. The summed E-state index contributed by atoms with van der Waals surface area (Å²) in [6.45, 7) is 5.02. The summed E-state index contributed by atoms with van der Waals surface area (Å²) in [4.78, 5) is 30.8. The molecule has 4 heterocycles. The molecule has 2 fully saturated rings. The van der Waals surface area contributed by atoms with Crippen molar-refractivity contribution in [3.63, 3.8) is 0 Å². The van der Waals surface area contributed by atoms with Crippen LogP contribution in [0.2, 0.25) is 0 Å². The number of ether oxygens (including phenoxy) is 2. The van der Waals surface area contributed by atoms with E-state index in [1.165, 1.54) is 16.3 Å². The van der Waals surface area contributed by atoms with Crippen LogP contribution in [-0.2, 0) is 29.1 Å². The van der Waals surface area contributed by atoms with E-state index in [9.17, 15) is 18.8 Å². The number of carbonyl (C=O) groups excluding carboxylic acids is 1. The molecule has 10 nitrogen and oxygen atoms in total. The van der Waals surface area contributed by atoms with Gasteiger partial charge in [-0.1, -0.05) is 60.7 Å². The van der Waals surface area contributed by atoms with E-state index in [0.29, 0.717) is 32.6 Å². The molecule has 51 heavy (non-hydrogen) atoms. The van der Waals surface area contributed by atoms with Crippen molar-refractivity contribution >= 4 is 28.2 Å². The highest BCUT2D eigenvalue weighted by Gasteiger charge is 2.43. The van der Waals surface area contributed by atoms with Gasteiger partial charge in [-0.2, -0.15) is 15.2 Å². The van der Waals surface area contributed by atoms with Crippen molar-refractivity contribution in [1.82, 2.24) is 19.8 Å². The number of aryl methyl sites for hydroxylation is 1. The number of esters is 1. The van der Waals surface area contributed by atoms with Crippen molar-refractivity contribution in [2.75, 3.05) is 62.7 Å². The second-order valence-corrected chi connectivity index (χ2v) is 13.9. The quantitative estimate of drug-likeness (QED) is 0.202. The molecule has 3 aromatic carbocycles. The summed E-state index contributed by atoms with van der Waals surface area (Å²) in [5.74, 6) is -2.36. The van der Waals surface area contributed by atoms with E-state index in [1.54, 1.807) is 11.9 Å². The zero-order valence-corrected chi connectivity index (χ0v) is 29.1. The third-order valence-corrected chi connectivity index (χ3v) is 10.3. The van der Waals surface area contributed by atoms with Gasteiger partial charge in [0.15, 0.2) is 0 Å². The smallest absolute Gasteiger partial charge is 0.320 e. The highest BCUT2D eigenvalue weighted by molar-refractivity contribution is 5.97. The number of fused-ring (bicyclic) bond motifs is 2. The molecule has 0 N–H and O–H groups in total. The molecular formula is C39H43F2N7O3. The number of hydrogen-bond donors (Lipinski definition) is 0. The van der Waals surface area contributed by atoms with Gasteiger partial charge in [-0.3, -0.25) is 14.6 Å². The molecule has 3 aliphatic heterocycles. The zero-order chi connectivity index (χ0) is 35.5. The van der Waals surface area contributed by atoms with Gasteiger partial charge in [0, 0.05) is 61.3 Å². The van der Waals surface area contributed by atoms with Crippen molar-refractivity contribution in [1.29, 1.82) is 5.26 Å². The van der Waals surface area contributed by atoms with Gasteiger partial charge < -0.3 is 19.3 Å². The number of likely N-dealkylation sites (N-methyl/N-ethyl adjacent to an activating group) is 1. The first kappa shape index (κ1) is 34.6. The van der Waals surface area contributed by atoms with Crippen molar-refractivity contribution in [3.8, 4) is 12.1 Å². The second-order valence-electron chi connectivity index (χ2n) is 13.9. The van der Waals surface area contributed by atoms with Crippen LogP contribution in [0.25, 0.3) is 10.8 Å². The molecule has 0 aliphatic carbocycles. The Morgan fingerprint density at radius 2 is 1.80 bits per heavy atom. The Balaban J connectivity index is 1.13. The van der Waals surface area contributed by atoms with E-state index in [4.69, 9.17) is 19.4 Å². The number of anilines is 2. The van der Waals surface area contributed by atoms with Gasteiger partial charge in [0.05, 0.1) is 37.8 Å². The molecule has 0 amide bonds. The highest BCUT2D eigenvalue weighted by Crippen LogP contribution is 2.36. The van der Waals surface area contributed by atoms with Crippen LogP contribution in [0.1, 0.15) is 35.2 Å². The molecule has 0 bridgehead atoms. The normalized spacial score (nSPS) is 20.6. The van der Waals surface area contributed by atoms with Gasteiger partial charge in [0.25, 0.3) is 5.92 Å². The molecule has 2 atom stereocenters. The molecule has 0 unspecified atom stereocenters. The van der Waals surface area contributed by atoms with Crippen LogP contribution in [0.4, 0.5) is 20.3 Å². The number of likely N-dealkylation sites (tertiary alicyclic amines) is 1. The monoisotopic (exact) mass is 695 g/mol. The van der Waals surface area contributed by atoms with E-state index in [0.717, 1.165) is 34.9 Å². The molecule has 0 radical (unpaired) electrons. The Bertz CT molecular complexity index is 1920. The molecule has 266 valence electrons. The summed E-state index contributed by atoms with van der Waals surface area (Å²) in [5, 5.41) is 12.1. The molecule has 1 aromatic heterocycles. The van der Waals surface area contributed by atoms with Crippen LogP contribution in [0, 0.1) is 18.3 Å². The minimum Gasteiger partial charge on any atom is -0.462 e. The van der Waals surface area contributed by atoms with Crippen LogP contribution in [0.15, 0.2) is 66.7 Å². The Morgan fingerprint density at radius 3 is 2.57 bits per heavy atom. The van der Waals surface area contributed by atoms with E-state index in [-0.39, 0.29) is 57.2 Å². The summed E-state index contributed by atoms with van der Waals surface area (Å²) in [7, 11) is 1.68. The standard InChI is InChI=1S/C39H43F2N7O3/c1-27-8-6-11-29-12-7-13-34(36(27)29)47-17-15-32-33(22-47)43-38(51-25-31-20-39(40,41)26-45(31)2)44-37(32)48-19-18-46(30(21-48)14-16-42)23-35(49)50-24-28-9-4-3-5-10-28/h3-13,30-31H,14-15,17-26H2,1-2H3/t30-,31-/m0/s1. The van der Waals surface area contributed by atoms with Crippen LogP contribution < -0.4 is 14.5 Å². The SMILES string of the molecule is Cc1cccc2cccc(N3CCc4c(nc(OC[C@@H]5CC(F)(F)CN5C)nc4N4CCN(CC(=O)OCc5ccccc5)[C@@H](CC#N)C4)C3)c12. The van der Waals surface area contributed by atoms with Crippen LogP contribution in [0.3, 0.4) is 0 Å². The largest absolute Gasteiger partial charge is 0.462 e. The summed E-state index contributed by atoms with van der Waals surface area (Å²) in [6, 6.07) is 24.0. The molecule has 4 aromatic rings. The summed E-state index contributed by atoms with van der Waals surface area (Å²) >= 11 is 0. The van der Waals surface area contributed by atoms with Crippen molar-refractivity contribution in [2.24, 2.45) is 0 Å². The molecule has 2 saturated heterocycles. The van der Waals surface area contributed by atoms with E-state index in [2.05, 4.69) is 59.2 Å². The maximum atomic E-state index is 14.2. The van der Waals surface area contributed by atoms with Crippen molar-refractivity contribution < 1.29 is 23.0 Å². The van der Waals surface area contributed by atoms with E-state index >= 15 is 0 Å². The van der Waals surface area contributed by atoms with Crippen LogP contribution in [-0.4, -0.2) is 96.7 Å². The summed E-state index contributed by atoms with van der Waals surface area (Å²) in [6.07, 6.45) is 0.649. The minimum absolute atomic E-state index is 0.0481. The summed E-state index contributed by atoms with van der Waals surface area (Å²) < 4.78 is 40.0. The number of nitriles is 1. The van der Waals surface area contributed by atoms with Crippen molar-refractivity contribution in [2.45, 2.75) is 57.3 Å². The highest BCUT2D eigenvalue weighted by atomic mass is 19.3. The summed E-state index contributed by atoms with van der Waals surface area (Å²) in [5.41, 5.74) is 5.10. The number of aromatic nitrogens is 2. The molecule has 7 rings (SSSR count). The van der Waals surface area contributed by atoms with Gasteiger partial charge >= 0.3 is 12.0 Å². The van der Waals surface area contributed by atoms with Crippen LogP contribution in [0.5, 0.6) is 6.01 Å². The lowest BCUT2D eigenvalue weighted by Gasteiger charge is -2.42. The lowest BCUT2D eigenvalue weighted by Crippen LogP contribution is -2.55. The van der Waals surface area contributed by atoms with Gasteiger partial charge in [-0.25, -0.2) is 8.78 Å². The molecule has 0 saturated carbocycles. The second kappa shape index (κ2) is 14.8. The Morgan fingerprint density at radius 1 is 1.00 bits per heavy atom. The average Bonchev–Trinajstić information content (AvgIpc) is 3.40. The van der Waals surface area contributed by atoms with Gasteiger partial charge in [-0.15, -0.1) is 0 Å². The number of halogens is 2. The number of nitrogens with zero attached hydrogens (tertiary/aromatic N) is 7. The number of carbonyl (C=O) groups is 1. The van der Waals surface area contributed by atoms with E-state index < -0.39 is 12.0 Å². The fourth-order valence-corrected chi connectivity index (χ4v) is 7.65. The first-order chi connectivity index (χ1) is 24.7. The number of rotatable bonds is 10. The molecular weight excluding hydrogens is 652 g/mol. The molecule has 3 aliphatic rings. The molecule has 12 heteroatoms. The number of piperazine rings is 1. The maximum Gasteiger partial charge on any atom is 0.320 e. The first-order valence-corrected chi connectivity index (χ1v) is 17.6. The Kier molecular flexibility index (Phi) is 10.0. The predicted molar refractivity (Wildman–Crippen MR) is 191 cm³/mol. The van der Waals surface area contributed by atoms with E-state index in [1.807, 2.05) is 35.2 Å². The third-order valence-electron chi connectivity index (χ3n) is 10.3. The third kappa shape index (κ3) is 7.75. The predicted octanol–water partition coefficient (Wildman–Crippen LogP) is 5.37.